The van der Waals surface area contributed by atoms with E-state index in [1.807, 2.05) is 12.4 Å². The van der Waals surface area contributed by atoms with Gasteiger partial charge in [0.1, 0.15) is 0 Å². The SMILES string of the molecule is CCCCCc1cnc(-c2ccc(C3CCC(CBr)CC3)cc2)nc1. The van der Waals surface area contributed by atoms with Gasteiger partial charge in [0.15, 0.2) is 5.82 Å². The third kappa shape index (κ3) is 5.13. The van der Waals surface area contributed by atoms with Crippen LogP contribution in [0.1, 0.15) is 68.9 Å². The fourth-order valence-electron chi connectivity index (χ4n) is 3.77. The summed E-state index contributed by atoms with van der Waals surface area (Å²) in [5.41, 5.74) is 3.85. The summed E-state index contributed by atoms with van der Waals surface area (Å²) in [6.07, 6.45) is 14.2. The van der Waals surface area contributed by atoms with Crippen molar-refractivity contribution in [2.24, 2.45) is 5.92 Å². The number of benzene rings is 1. The van der Waals surface area contributed by atoms with Gasteiger partial charge in [-0.25, -0.2) is 9.97 Å². The highest BCUT2D eigenvalue weighted by molar-refractivity contribution is 9.09. The number of hydrogen-bond donors (Lipinski definition) is 0. The molecule has 0 N–H and O–H groups in total. The minimum Gasteiger partial charge on any atom is -0.236 e. The van der Waals surface area contributed by atoms with Crippen LogP contribution in [-0.4, -0.2) is 15.3 Å². The molecule has 0 bridgehead atoms. The predicted octanol–water partition coefficient (Wildman–Crippen LogP) is 6.55. The molecule has 0 unspecified atom stereocenters. The monoisotopic (exact) mass is 400 g/mol. The number of aryl methyl sites for hydroxylation is 1. The molecule has 2 nitrogen and oxygen atoms in total. The Kier molecular flexibility index (Phi) is 7.03. The maximum Gasteiger partial charge on any atom is 0.159 e. The zero-order valence-electron chi connectivity index (χ0n) is 15.3. The van der Waals surface area contributed by atoms with Crippen LogP contribution in [-0.2, 0) is 6.42 Å². The van der Waals surface area contributed by atoms with Crippen molar-refractivity contribution in [3.63, 3.8) is 0 Å². The van der Waals surface area contributed by atoms with Crippen molar-refractivity contribution in [2.75, 3.05) is 5.33 Å². The van der Waals surface area contributed by atoms with Crippen LogP contribution in [0.25, 0.3) is 11.4 Å². The standard InChI is InChI=1S/C22H29BrN2/c1-2-3-4-5-18-15-24-22(25-16-18)21-12-10-20(11-13-21)19-8-6-17(14-23)7-9-19/h10-13,15-17,19H,2-9,14H2,1H3. The molecule has 0 amide bonds. The van der Waals surface area contributed by atoms with Crippen molar-refractivity contribution >= 4 is 15.9 Å². The first-order valence-electron chi connectivity index (χ1n) is 9.77. The lowest BCUT2D eigenvalue weighted by Crippen LogP contribution is -2.14. The molecule has 1 aliphatic carbocycles. The van der Waals surface area contributed by atoms with Crippen LogP contribution in [0.4, 0.5) is 0 Å². The maximum absolute atomic E-state index is 4.57. The molecule has 3 rings (SSSR count). The van der Waals surface area contributed by atoms with E-state index in [0.29, 0.717) is 0 Å². The van der Waals surface area contributed by atoms with Gasteiger partial charge in [-0.1, -0.05) is 60.0 Å². The van der Waals surface area contributed by atoms with Crippen molar-refractivity contribution in [3.8, 4) is 11.4 Å². The number of aromatic nitrogens is 2. The lowest BCUT2D eigenvalue weighted by atomic mass is 9.79. The summed E-state index contributed by atoms with van der Waals surface area (Å²) in [5, 5.41) is 1.16. The van der Waals surface area contributed by atoms with Gasteiger partial charge in [0, 0.05) is 23.3 Å². The number of halogens is 1. The highest BCUT2D eigenvalue weighted by Gasteiger charge is 2.21. The fourth-order valence-corrected chi connectivity index (χ4v) is 4.41. The summed E-state index contributed by atoms with van der Waals surface area (Å²) < 4.78 is 0. The molecular weight excluding hydrogens is 372 g/mol. The topological polar surface area (TPSA) is 25.8 Å². The van der Waals surface area contributed by atoms with Gasteiger partial charge in [0.05, 0.1) is 0 Å². The molecule has 2 aromatic rings. The molecule has 1 saturated carbocycles. The average Bonchev–Trinajstić information content (AvgIpc) is 2.69. The zero-order chi connectivity index (χ0) is 17.5. The van der Waals surface area contributed by atoms with E-state index in [1.165, 1.54) is 56.1 Å². The van der Waals surface area contributed by atoms with Crippen LogP contribution in [0, 0.1) is 5.92 Å². The summed E-state index contributed by atoms with van der Waals surface area (Å²) in [7, 11) is 0. The van der Waals surface area contributed by atoms with Gasteiger partial charge in [-0.2, -0.15) is 0 Å². The molecule has 25 heavy (non-hydrogen) atoms. The first-order valence-corrected chi connectivity index (χ1v) is 10.9. The van der Waals surface area contributed by atoms with Crippen LogP contribution >= 0.6 is 15.9 Å². The molecule has 1 aromatic carbocycles. The van der Waals surface area contributed by atoms with Crippen LogP contribution in [0.15, 0.2) is 36.7 Å². The van der Waals surface area contributed by atoms with E-state index in [4.69, 9.17) is 0 Å². The van der Waals surface area contributed by atoms with Crippen LogP contribution in [0.3, 0.4) is 0 Å². The van der Waals surface area contributed by atoms with E-state index >= 15 is 0 Å². The minimum atomic E-state index is 0.728. The lowest BCUT2D eigenvalue weighted by Gasteiger charge is -2.27. The van der Waals surface area contributed by atoms with E-state index in [2.05, 4.69) is 57.1 Å². The second-order valence-electron chi connectivity index (χ2n) is 7.37. The third-order valence-corrected chi connectivity index (χ3v) is 6.40. The van der Waals surface area contributed by atoms with E-state index in [9.17, 15) is 0 Å². The highest BCUT2D eigenvalue weighted by atomic mass is 79.9. The Labute approximate surface area is 160 Å². The predicted molar refractivity (Wildman–Crippen MR) is 109 cm³/mol. The van der Waals surface area contributed by atoms with Crippen molar-refractivity contribution in [3.05, 3.63) is 47.8 Å². The van der Waals surface area contributed by atoms with Gasteiger partial charge in [-0.3, -0.25) is 0 Å². The largest absolute Gasteiger partial charge is 0.236 e. The molecule has 1 aliphatic rings. The summed E-state index contributed by atoms with van der Waals surface area (Å²) in [6, 6.07) is 8.95. The molecule has 1 fully saturated rings. The number of rotatable bonds is 7. The summed E-state index contributed by atoms with van der Waals surface area (Å²) in [4.78, 5) is 9.15. The first kappa shape index (κ1) is 18.6. The van der Waals surface area contributed by atoms with Gasteiger partial charge in [0.25, 0.3) is 0 Å². The molecule has 1 heterocycles. The van der Waals surface area contributed by atoms with Gasteiger partial charge in [-0.05, 0) is 61.5 Å². The molecule has 3 heteroatoms. The second-order valence-corrected chi connectivity index (χ2v) is 8.01. The van der Waals surface area contributed by atoms with Crippen LogP contribution in [0.5, 0.6) is 0 Å². The molecule has 1 aromatic heterocycles. The smallest absolute Gasteiger partial charge is 0.159 e. The minimum absolute atomic E-state index is 0.728. The number of nitrogens with zero attached hydrogens (tertiary/aromatic N) is 2. The van der Waals surface area contributed by atoms with E-state index < -0.39 is 0 Å². The van der Waals surface area contributed by atoms with Crippen LogP contribution in [0.2, 0.25) is 0 Å². The lowest BCUT2D eigenvalue weighted by molar-refractivity contribution is 0.354. The first-order chi connectivity index (χ1) is 12.3. The van der Waals surface area contributed by atoms with E-state index in [1.54, 1.807) is 0 Å². The Balaban J connectivity index is 1.60. The third-order valence-electron chi connectivity index (χ3n) is 5.48. The number of alkyl halides is 1. The average molecular weight is 401 g/mol. The van der Waals surface area contributed by atoms with E-state index in [0.717, 1.165) is 35.0 Å². The quantitative estimate of drug-likeness (QED) is 0.389. The normalized spacial score (nSPS) is 20.6. The van der Waals surface area contributed by atoms with Gasteiger partial charge < -0.3 is 0 Å². The number of hydrogen-bond acceptors (Lipinski definition) is 2. The van der Waals surface area contributed by atoms with Crippen molar-refractivity contribution in [1.29, 1.82) is 0 Å². The Morgan fingerprint density at radius 1 is 0.960 bits per heavy atom. The second kappa shape index (κ2) is 9.47. The molecule has 0 aliphatic heterocycles. The van der Waals surface area contributed by atoms with Gasteiger partial charge >= 0.3 is 0 Å². The van der Waals surface area contributed by atoms with Gasteiger partial charge in [-0.15, -0.1) is 0 Å². The zero-order valence-corrected chi connectivity index (χ0v) is 16.8. The molecule has 134 valence electrons. The summed E-state index contributed by atoms with van der Waals surface area (Å²) in [5.74, 6) is 2.44. The Morgan fingerprint density at radius 3 is 2.24 bits per heavy atom. The summed E-state index contributed by atoms with van der Waals surface area (Å²) >= 11 is 3.63. The van der Waals surface area contributed by atoms with Crippen LogP contribution < -0.4 is 0 Å². The van der Waals surface area contributed by atoms with Gasteiger partial charge in [0.2, 0.25) is 0 Å². The molecule has 0 saturated heterocycles. The van der Waals surface area contributed by atoms with Crippen molar-refractivity contribution in [1.82, 2.24) is 9.97 Å². The number of unbranched alkanes of at least 4 members (excludes halogenated alkanes) is 2. The molecule has 0 radical (unpaired) electrons. The Hall–Kier alpha value is -1.22. The highest BCUT2D eigenvalue weighted by Crippen LogP contribution is 2.36. The molecule has 0 atom stereocenters. The summed E-state index contributed by atoms with van der Waals surface area (Å²) in [6.45, 7) is 2.23. The van der Waals surface area contributed by atoms with Crippen molar-refractivity contribution in [2.45, 2.75) is 64.2 Å². The molecule has 0 spiro atoms. The van der Waals surface area contributed by atoms with Crippen molar-refractivity contribution < 1.29 is 0 Å². The molecular formula is C22H29BrN2. The Bertz CT molecular complexity index is 628. The fraction of sp³-hybridized carbons (Fsp3) is 0.545. The van der Waals surface area contributed by atoms with E-state index in [-0.39, 0.29) is 0 Å². The Morgan fingerprint density at radius 2 is 1.64 bits per heavy atom. The maximum atomic E-state index is 4.57.